The van der Waals surface area contributed by atoms with Crippen LogP contribution in [0.5, 0.6) is 0 Å². The number of carbonyl (C=O) groups is 3. The standard InChI is InChI=1S/C15H22N2O5/c1-15(2,3)22-14(20)16-10-7-5-9-6-8-11(13(19)21-4)17(9)12(10)18/h5,7,9-11H,6,8H2,1-4H3,(H,16,20)/t9-,10-,11-/m0/s1. The zero-order chi connectivity index (χ0) is 16.5. The molecular formula is C15H22N2O5. The van der Waals surface area contributed by atoms with Crippen LogP contribution in [0.25, 0.3) is 0 Å². The van der Waals surface area contributed by atoms with Crippen molar-refractivity contribution in [1.82, 2.24) is 10.2 Å². The minimum Gasteiger partial charge on any atom is -0.467 e. The summed E-state index contributed by atoms with van der Waals surface area (Å²) in [7, 11) is 1.30. The van der Waals surface area contributed by atoms with Gasteiger partial charge in [-0.3, -0.25) is 4.79 Å². The van der Waals surface area contributed by atoms with Crippen molar-refractivity contribution in [3.8, 4) is 0 Å². The molecule has 1 saturated heterocycles. The lowest BCUT2D eigenvalue weighted by atomic mass is 10.1. The smallest absolute Gasteiger partial charge is 0.408 e. The summed E-state index contributed by atoms with van der Waals surface area (Å²) < 4.78 is 9.89. The Balaban J connectivity index is 2.07. The largest absolute Gasteiger partial charge is 0.467 e. The van der Waals surface area contributed by atoms with Crippen LogP contribution in [0.2, 0.25) is 0 Å². The Morgan fingerprint density at radius 3 is 2.55 bits per heavy atom. The molecule has 0 aliphatic carbocycles. The second-order valence-corrected chi connectivity index (χ2v) is 6.44. The van der Waals surface area contributed by atoms with E-state index < -0.39 is 29.7 Å². The number of amides is 2. The minimum atomic E-state index is -0.823. The summed E-state index contributed by atoms with van der Waals surface area (Å²) in [6.45, 7) is 5.23. The highest BCUT2D eigenvalue weighted by atomic mass is 16.6. The lowest BCUT2D eigenvalue weighted by Crippen LogP contribution is -2.56. The van der Waals surface area contributed by atoms with Gasteiger partial charge in [0.2, 0.25) is 0 Å². The first-order valence-electron chi connectivity index (χ1n) is 7.31. The van der Waals surface area contributed by atoms with Gasteiger partial charge in [0.15, 0.2) is 0 Å². The van der Waals surface area contributed by atoms with Gasteiger partial charge in [-0.2, -0.15) is 0 Å². The summed E-state index contributed by atoms with van der Waals surface area (Å²) in [5.41, 5.74) is -0.643. The highest BCUT2D eigenvalue weighted by Gasteiger charge is 2.44. The van der Waals surface area contributed by atoms with Gasteiger partial charge in [-0.15, -0.1) is 0 Å². The Morgan fingerprint density at radius 2 is 1.95 bits per heavy atom. The fourth-order valence-electron chi connectivity index (χ4n) is 2.74. The van der Waals surface area contributed by atoms with Crippen LogP contribution < -0.4 is 5.32 Å². The zero-order valence-electron chi connectivity index (χ0n) is 13.3. The molecular weight excluding hydrogens is 288 g/mol. The molecule has 0 bridgehead atoms. The minimum absolute atomic E-state index is 0.117. The molecule has 2 aliphatic heterocycles. The van der Waals surface area contributed by atoms with Crippen LogP contribution in [0.4, 0.5) is 4.79 Å². The molecule has 0 unspecified atom stereocenters. The normalized spacial score (nSPS) is 27.4. The highest BCUT2D eigenvalue weighted by Crippen LogP contribution is 2.29. The maximum atomic E-state index is 12.5. The van der Waals surface area contributed by atoms with Crippen molar-refractivity contribution in [3.05, 3.63) is 12.2 Å². The first-order valence-corrected chi connectivity index (χ1v) is 7.31. The molecule has 0 spiro atoms. The van der Waals surface area contributed by atoms with E-state index in [4.69, 9.17) is 9.47 Å². The number of hydrogen-bond donors (Lipinski definition) is 1. The summed E-state index contributed by atoms with van der Waals surface area (Å²) >= 11 is 0. The summed E-state index contributed by atoms with van der Waals surface area (Å²) in [5.74, 6) is -0.742. The van der Waals surface area contributed by atoms with Crippen molar-refractivity contribution in [1.29, 1.82) is 0 Å². The Kier molecular flexibility index (Phi) is 4.44. The Labute approximate surface area is 129 Å². The molecule has 0 radical (unpaired) electrons. The number of carbonyl (C=O) groups excluding carboxylic acids is 3. The van der Waals surface area contributed by atoms with Crippen molar-refractivity contribution >= 4 is 18.0 Å². The fourth-order valence-corrected chi connectivity index (χ4v) is 2.74. The lowest BCUT2D eigenvalue weighted by molar-refractivity contribution is -0.152. The molecule has 3 atom stereocenters. The number of nitrogens with one attached hydrogen (secondary N) is 1. The molecule has 122 valence electrons. The van der Waals surface area contributed by atoms with Crippen molar-refractivity contribution in [2.24, 2.45) is 0 Å². The first kappa shape index (κ1) is 16.3. The maximum absolute atomic E-state index is 12.5. The van der Waals surface area contributed by atoms with E-state index in [2.05, 4.69) is 5.32 Å². The van der Waals surface area contributed by atoms with E-state index in [1.807, 2.05) is 6.08 Å². The third-order valence-electron chi connectivity index (χ3n) is 3.62. The predicted molar refractivity (Wildman–Crippen MR) is 78.0 cm³/mol. The van der Waals surface area contributed by atoms with Crippen molar-refractivity contribution in [2.45, 2.75) is 57.3 Å². The fraction of sp³-hybridized carbons (Fsp3) is 0.667. The van der Waals surface area contributed by atoms with Crippen molar-refractivity contribution < 1.29 is 23.9 Å². The number of nitrogens with zero attached hydrogens (tertiary/aromatic N) is 1. The number of esters is 1. The predicted octanol–water partition coefficient (Wildman–Crippen LogP) is 0.982. The summed E-state index contributed by atoms with van der Waals surface area (Å²) in [5, 5.41) is 2.52. The van der Waals surface area contributed by atoms with Gasteiger partial charge in [0.1, 0.15) is 17.7 Å². The van der Waals surface area contributed by atoms with E-state index in [9.17, 15) is 14.4 Å². The zero-order valence-corrected chi connectivity index (χ0v) is 13.3. The lowest BCUT2D eigenvalue weighted by Gasteiger charge is -2.34. The Bertz CT molecular complexity index is 509. The molecule has 2 heterocycles. The topological polar surface area (TPSA) is 84.9 Å². The Hall–Kier alpha value is -2.05. The van der Waals surface area contributed by atoms with Crippen LogP contribution in [0, 0.1) is 0 Å². The van der Waals surface area contributed by atoms with Crippen LogP contribution in [0.15, 0.2) is 12.2 Å². The molecule has 2 aliphatic rings. The van der Waals surface area contributed by atoms with Crippen molar-refractivity contribution in [3.63, 3.8) is 0 Å². The maximum Gasteiger partial charge on any atom is 0.408 e. The van der Waals surface area contributed by atoms with E-state index in [-0.39, 0.29) is 11.9 Å². The number of methoxy groups -OCH3 is 1. The van der Waals surface area contributed by atoms with Gasteiger partial charge in [0.25, 0.3) is 5.91 Å². The molecule has 0 aromatic rings. The molecule has 7 nitrogen and oxygen atoms in total. The van der Waals surface area contributed by atoms with E-state index >= 15 is 0 Å². The second-order valence-electron chi connectivity index (χ2n) is 6.44. The van der Waals surface area contributed by atoms with E-state index in [1.165, 1.54) is 12.0 Å². The summed E-state index contributed by atoms with van der Waals surface area (Å²) in [6.07, 6.45) is 4.09. The van der Waals surface area contributed by atoms with Gasteiger partial charge in [-0.1, -0.05) is 12.2 Å². The van der Waals surface area contributed by atoms with Gasteiger partial charge >= 0.3 is 12.1 Å². The van der Waals surface area contributed by atoms with Gasteiger partial charge in [-0.05, 0) is 33.6 Å². The van der Waals surface area contributed by atoms with Crippen LogP contribution in [-0.4, -0.2) is 53.7 Å². The highest BCUT2D eigenvalue weighted by molar-refractivity contribution is 5.93. The van der Waals surface area contributed by atoms with Gasteiger partial charge in [0.05, 0.1) is 13.2 Å². The van der Waals surface area contributed by atoms with E-state index in [0.717, 1.165) is 0 Å². The van der Waals surface area contributed by atoms with Crippen LogP contribution in [0.3, 0.4) is 0 Å². The van der Waals surface area contributed by atoms with E-state index in [1.54, 1.807) is 26.8 Å². The summed E-state index contributed by atoms with van der Waals surface area (Å²) in [6, 6.07) is -1.53. The average Bonchev–Trinajstić information content (AvgIpc) is 2.83. The second kappa shape index (κ2) is 5.98. The average molecular weight is 310 g/mol. The molecule has 1 fully saturated rings. The van der Waals surface area contributed by atoms with Crippen molar-refractivity contribution in [2.75, 3.05) is 7.11 Å². The number of ether oxygens (including phenoxy) is 2. The number of rotatable bonds is 2. The molecule has 0 aromatic carbocycles. The molecule has 2 amide bonds. The Morgan fingerprint density at radius 1 is 1.27 bits per heavy atom. The molecule has 2 rings (SSSR count). The van der Waals surface area contributed by atoms with Crippen LogP contribution in [0.1, 0.15) is 33.6 Å². The molecule has 1 N–H and O–H groups in total. The molecule has 0 saturated carbocycles. The van der Waals surface area contributed by atoms with Gasteiger partial charge in [0, 0.05) is 0 Å². The van der Waals surface area contributed by atoms with E-state index in [0.29, 0.717) is 12.8 Å². The quantitative estimate of drug-likeness (QED) is 0.607. The number of fused-ring (bicyclic) bond motifs is 1. The number of hydrogen-bond acceptors (Lipinski definition) is 5. The number of alkyl carbamates (subject to hydrolysis) is 1. The van der Waals surface area contributed by atoms with Gasteiger partial charge < -0.3 is 19.7 Å². The molecule has 22 heavy (non-hydrogen) atoms. The SMILES string of the molecule is COC(=O)[C@@H]1CC[C@@H]2C=C[C@H](NC(=O)OC(C)(C)C)C(=O)N21. The van der Waals surface area contributed by atoms with Crippen LogP contribution >= 0.6 is 0 Å². The third-order valence-corrected chi connectivity index (χ3v) is 3.62. The molecule has 7 heteroatoms. The summed E-state index contributed by atoms with van der Waals surface area (Å²) in [4.78, 5) is 37.6. The molecule has 0 aromatic heterocycles. The van der Waals surface area contributed by atoms with Crippen LogP contribution in [-0.2, 0) is 19.1 Å². The monoisotopic (exact) mass is 310 g/mol. The third kappa shape index (κ3) is 3.40. The van der Waals surface area contributed by atoms with Gasteiger partial charge in [-0.25, -0.2) is 9.59 Å². The first-order chi connectivity index (χ1) is 10.2.